The maximum atomic E-state index is 9.50. The first kappa shape index (κ1) is 12.4. The van der Waals surface area contributed by atoms with Gasteiger partial charge in [0.1, 0.15) is 0 Å². The Morgan fingerprint density at radius 1 is 1.23 bits per heavy atom. The second kappa shape index (κ2) is 5.23. The van der Waals surface area contributed by atoms with Crippen molar-refractivity contribution in [2.24, 2.45) is 0 Å². The third-order valence-electron chi connectivity index (χ3n) is 1.69. The zero-order chi connectivity index (χ0) is 10.5. The summed E-state index contributed by atoms with van der Waals surface area (Å²) < 4.78 is 0. The largest absolute Gasteiger partial charge is 0.386 e. The van der Waals surface area contributed by atoms with Gasteiger partial charge in [-0.2, -0.15) is 0 Å². The van der Waals surface area contributed by atoms with Gasteiger partial charge in [0.2, 0.25) is 0 Å². The van der Waals surface area contributed by atoms with Gasteiger partial charge in [0.25, 0.3) is 0 Å². The van der Waals surface area contributed by atoms with E-state index in [1.54, 1.807) is 13.8 Å². The van der Waals surface area contributed by atoms with Crippen LogP contribution in [-0.4, -0.2) is 10.7 Å². The lowest BCUT2D eigenvalue weighted by Gasteiger charge is -2.12. The van der Waals surface area contributed by atoms with Crippen molar-refractivity contribution in [1.82, 2.24) is 0 Å². The van der Waals surface area contributed by atoms with Crippen molar-refractivity contribution in [2.45, 2.75) is 53.1 Å². The lowest BCUT2D eigenvalue weighted by molar-refractivity contribution is 0.132. The van der Waals surface area contributed by atoms with Gasteiger partial charge in [-0.25, -0.2) is 0 Å². The molecular weight excluding hydrogens is 160 g/mol. The van der Waals surface area contributed by atoms with E-state index in [4.69, 9.17) is 0 Å². The maximum absolute atomic E-state index is 9.50. The summed E-state index contributed by atoms with van der Waals surface area (Å²) in [5, 5.41) is 9.50. The average Bonchev–Trinajstić information content (AvgIpc) is 1.81. The van der Waals surface area contributed by atoms with Crippen LogP contribution in [0.25, 0.3) is 0 Å². The third-order valence-corrected chi connectivity index (χ3v) is 1.69. The fourth-order valence-electron chi connectivity index (χ4n) is 1.26. The minimum Gasteiger partial charge on any atom is -0.386 e. The molecular formula is C12H22O. The normalized spacial score (nSPS) is 12.9. The minimum absolute atomic E-state index is 0.672. The molecule has 0 atom stereocenters. The van der Waals surface area contributed by atoms with Gasteiger partial charge in [-0.3, -0.25) is 0 Å². The summed E-state index contributed by atoms with van der Waals surface area (Å²) in [7, 11) is 0. The van der Waals surface area contributed by atoms with Gasteiger partial charge >= 0.3 is 0 Å². The Morgan fingerprint density at radius 3 is 2.15 bits per heavy atom. The highest BCUT2D eigenvalue weighted by molar-refractivity contribution is 5.07. The predicted octanol–water partition coefficient (Wildman–Crippen LogP) is 3.45. The summed E-state index contributed by atoms with van der Waals surface area (Å²) in [6.07, 6.45) is 6.25. The van der Waals surface area contributed by atoms with E-state index in [0.717, 1.165) is 12.8 Å². The molecule has 0 unspecified atom stereocenters. The van der Waals surface area contributed by atoms with E-state index in [0.29, 0.717) is 0 Å². The molecule has 0 radical (unpaired) electrons. The molecule has 0 aromatic carbocycles. The van der Waals surface area contributed by atoms with Crippen LogP contribution in [0.1, 0.15) is 47.5 Å². The summed E-state index contributed by atoms with van der Waals surface area (Å²) >= 11 is 0. The van der Waals surface area contributed by atoms with Crippen molar-refractivity contribution in [3.05, 3.63) is 23.3 Å². The molecule has 0 saturated carbocycles. The quantitative estimate of drug-likeness (QED) is 0.660. The Hall–Kier alpha value is -0.560. The molecule has 0 aromatic heterocycles. The molecule has 0 aliphatic rings. The zero-order valence-electron chi connectivity index (χ0n) is 9.52. The van der Waals surface area contributed by atoms with Crippen LogP contribution in [0.5, 0.6) is 0 Å². The van der Waals surface area contributed by atoms with Crippen molar-refractivity contribution in [3.63, 3.8) is 0 Å². The molecule has 0 bridgehead atoms. The van der Waals surface area contributed by atoms with Gasteiger partial charge in [0.15, 0.2) is 0 Å². The van der Waals surface area contributed by atoms with Crippen molar-refractivity contribution in [3.8, 4) is 0 Å². The highest BCUT2D eigenvalue weighted by atomic mass is 16.3. The Morgan fingerprint density at radius 2 is 1.77 bits per heavy atom. The lowest BCUT2D eigenvalue weighted by Crippen LogP contribution is -2.14. The van der Waals surface area contributed by atoms with Crippen molar-refractivity contribution >= 4 is 0 Å². The molecule has 1 nitrogen and oxygen atoms in total. The maximum Gasteiger partial charge on any atom is 0.0774 e. The molecule has 0 fully saturated rings. The van der Waals surface area contributed by atoms with E-state index in [2.05, 4.69) is 26.8 Å². The molecule has 0 aromatic rings. The second-order valence-corrected chi connectivity index (χ2v) is 4.46. The second-order valence-electron chi connectivity index (χ2n) is 4.46. The molecule has 0 aliphatic heterocycles. The summed E-state index contributed by atoms with van der Waals surface area (Å²) in [6.45, 7) is 9.88. The van der Waals surface area contributed by atoms with Gasteiger partial charge in [0, 0.05) is 0 Å². The fraction of sp³-hybridized carbons (Fsp3) is 0.667. The number of hydrogen-bond acceptors (Lipinski definition) is 1. The molecule has 1 N–H and O–H groups in total. The topological polar surface area (TPSA) is 20.2 Å². The summed E-state index contributed by atoms with van der Waals surface area (Å²) in [6, 6.07) is 0. The molecule has 0 saturated heterocycles. The molecule has 76 valence electrons. The van der Waals surface area contributed by atoms with Gasteiger partial charge in [0.05, 0.1) is 5.60 Å². The molecule has 0 aliphatic carbocycles. The third kappa shape index (κ3) is 9.35. The Labute approximate surface area is 82.2 Å². The van der Waals surface area contributed by atoms with Crippen molar-refractivity contribution in [2.75, 3.05) is 0 Å². The Kier molecular flexibility index (Phi) is 5.01. The molecule has 0 heterocycles. The first-order valence-electron chi connectivity index (χ1n) is 4.85. The van der Waals surface area contributed by atoms with E-state index in [1.807, 2.05) is 6.08 Å². The van der Waals surface area contributed by atoms with Crippen LogP contribution in [0.4, 0.5) is 0 Å². The van der Waals surface area contributed by atoms with E-state index < -0.39 is 5.60 Å². The van der Waals surface area contributed by atoms with Gasteiger partial charge in [-0.05, 0) is 47.5 Å². The van der Waals surface area contributed by atoms with Crippen LogP contribution >= 0.6 is 0 Å². The first-order chi connectivity index (χ1) is 5.81. The van der Waals surface area contributed by atoms with Crippen LogP contribution in [0.2, 0.25) is 0 Å². The molecule has 13 heavy (non-hydrogen) atoms. The lowest BCUT2D eigenvalue weighted by atomic mass is 10.0. The Balaban J connectivity index is 3.95. The molecule has 0 amide bonds. The molecule has 1 heteroatoms. The zero-order valence-corrected chi connectivity index (χ0v) is 9.52. The van der Waals surface area contributed by atoms with Crippen LogP contribution in [-0.2, 0) is 0 Å². The summed E-state index contributed by atoms with van der Waals surface area (Å²) in [4.78, 5) is 0. The number of allylic oxidation sites excluding steroid dienone is 3. The van der Waals surface area contributed by atoms with Crippen molar-refractivity contribution in [1.29, 1.82) is 0 Å². The smallest absolute Gasteiger partial charge is 0.0774 e. The van der Waals surface area contributed by atoms with E-state index in [9.17, 15) is 5.11 Å². The Bertz CT molecular complexity index is 200. The van der Waals surface area contributed by atoms with Crippen LogP contribution < -0.4 is 0 Å². The van der Waals surface area contributed by atoms with E-state index in [1.165, 1.54) is 11.1 Å². The van der Waals surface area contributed by atoms with Crippen LogP contribution in [0.3, 0.4) is 0 Å². The van der Waals surface area contributed by atoms with Crippen LogP contribution in [0.15, 0.2) is 23.3 Å². The van der Waals surface area contributed by atoms with E-state index in [-0.39, 0.29) is 0 Å². The fourth-order valence-corrected chi connectivity index (χ4v) is 1.26. The average molecular weight is 182 g/mol. The number of rotatable bonds is 4. The van der Waals surface area contributed by atoms with Gasteiger partial charge < -0.3 is 5.11 Å². The molecule has 0 spiro atoms. The van der Waals surface area contributed by atoms with E-state index >= 15 is 0 Å². The minimum atomic E-state index is -0.672. The predicted molar refractivity (Wildman–Crippen MR) is 58.7 cm³/mol. The number of hydrogen-bond donors (Lipinski definition) is 1. The van der Waals surface area contributed by atoms with Crippen LogP contribution in [0, 0.1) is 0 Å². The SMILES string of the molecule is CC(C)=CCCC(C)=CC(C)(C)O. The van der Waals surface area contributed by atoms with Gasteiger partial charge in [-0.1, -0.05) is 23.3 Å². The standard InChI is InChI=1S/C12H22O/c1-10(2)7-6-8-11(3)9-12(4,5)13/h7,9,13H,6,8H2,1-5H3. The highest BCUT2D eigenvalue weighted by Crippen LogP contribution is 2.12. The number of aliphatic hydroxyl groups is 1. The van der Waals surface area contributed by atoms with Crippen molar-refractivity contribution < 1.29 is 5.11 Å². The summed E-state index contributed by atoms with van der Waals surface area (Å²) in [5.74, 6) is 0. The van der Waals surface area contributed by atoms with Gasteiger partial charge in [-0.15, -0.1) is 0 Å². The first-order valence-corrected chi connectivity index (χ1v) is 4.85. The molecule has 0 rings (SSSR count). The monoisotopic (exact) mass is 182 g/mol. The highest BCUT2D eigenvalue weighted by Gasteiger charge is 2.07. The summed E-state index contributed by atoms with van der Waals surface area (Å²) in [5.41, 5.74) is 1.94.